The van der Waals surface area contributed by atoms with E-state index in [1.165, 1.54) is 12.8 Å². The summed E-state index contributed by atoms with van der Waals surface area (Å²) in [7, 11) is 2.08. The average Bonchev–Trinajstić information content (AvgIpc) is 2.39. The van der Waals surface area contributed by atoms with E-state index in [1.807, 2.05) is 0 Å². The Balaban J connectivity index is 2.22. The molecule has 0 saturated heterocycles. The molecule has 42 valence electrons. The molecule has 0 N–H and O–H groups in total. The van der Waals surface area contributed by atoms with E-state index in [4.69, 9.17) is 4.74 Å². The summed E-state index contributed by atoms with van der Waals surface area (Å²) >= 11 is 0. The van der Waals surface area contributed by atoms with Gasteiger partial charge in [-0.2, -0.15) is 0 Å². The fourth-order valence-electron chi connectivity index (χ4n) is 1.12. The molecule has 1 atom stereocenters. The van der Waals surface area contributed by atoms with Crippen LogP contribution < -0.4 is 0 Å². The number of hydrogen-bond acceptors (Lipinski definition) is 2. The first-order valence-electron chi connectivity index (χ1n) is 3.03. The minimum absolute atomic E-state index is 0.250. The van der Waals surface area contributed by atoms with Gasteiger partial charge in [-0.25, -0.2) is 4.99 Å². The number of aliphatic imine (C=N–C) groups is 1. The van der Waals surface area contributed by atoms with Gasteiger partial charge in [0, 0.05) is 0 Å². The van der Waals surface area contributed by atoms with Crippen LogP contribution in [0.25, 0.3) is 0 Å². The zero-order chi connectivity index (χ0) is 5.61. The van der Waals surface area contributed by atoms with Crippen LogP contribution in [0, 0.1) is 0 Å². The van der Waals surface area contributed by atoms with Crippen LogP contribution in [-0.4, -0.2) is 25.8 Å². The zero-order valence-corrected chi connectivity index (χ0v) is 4.92. The highest BCUT2D eigenvalue weighted by Gasteiger charge is 2.50. The average molecular weight is 109 g/mol. The number of nitrogens with zero attached hydrogens (tertiary/aromatic N) is 1. The Kier molecular flexibility index (Phi) is 0.603. The lowest BCUT2D eigenvalue weighted by molar-refractivity contribution is 0.275. The Morgan fingerprint density at radius 1 is 1.75 bits per heavy atom. The standard InChI is InChI=1S/C5H8BNO/c6-4-5(1-2-5)7-3-8-4/h3-4H,1-2,6H2. The van der Waals surface area contributed by atoms with Crippen LogP contribution in [0.4, 0.5) is 0 Å². The monoisotopic (exact) mass is 109 g/mol. The third-order valence-electron chi connectivity index (χ3n) is 2.09. The molecule has 0 aromatic heterocycles. The van der Waals surface area contributed by atoms with Crippen LogP contribution in [-0.2, 0) is 4.74 Å². The first kappa shape index (κ1) is 4.42. The third-order valence-corrected chi connectivity index (χ3v) is 2.09. The van der Waals surface area contributed by atoms with Crippen LogP contribution in [0.2, 0.25) is 0 Å². The van der Waals surface area contributed by atoms with Gasteiger partial charge in [0.25, 0.3) is 0 Å². The highest BCUT2D eigenvalue weighted by molar-refractivity contribution is 6.13. The van der Waals surface area contributed by atoms with Crippen molar-refractivity contribution in [3.63, 3.8) is 0 Å². The van der Waals surface area contributed by atoms with E-state index in [0.717, 1.165) is 0 Å². The highest BCUT2D eigenvalue weighted by Crippen LogP contribution is 2.45. The van der Waals surface area contributed by atoms with E-state index >= 15 is 0 Å². The molecule has 1 aliphatic heterocycles. The molecule has 2 nitrogen and oxygen atoms in total. The topological polar surface area (TPSA) is 21.6 Å². The lowest BCUT2D eigenvalue weighted by atomic mass is 9.91. The van der Waals surface area contributed by atoms with Crippen molar-refractivity contribution in [1.82, 2.24) is 0 Å². The summed E-state index contributed by atoms with van der Waals surface area (Å²) < 4.78 is 5.14. The van der Waals surface area contributed by atoms with Crippen LogP contribution in [0.5, 0.6) is 0 Å². The van der Waals surface area contributed by atoms with Gasteiger partial charge in [0.05, 0.1) is 11.5 Å². The van der Waals surface area contributed by atoms with Crippen molar-refractivity contribution in [2.45, 2.75) is 24.4 Å². The van der Waals surface area contributed by atoms with E-state index < -0.39 is 0 Å². The molecule has 1 saturated carbocycles. The molecule has 0 aromatic carbocycles. The molecular formula is C5H8BNO. The molecule has 0 radical (unpaired) electrons. The second-order valence-corrected chi connectivity index (χ2v) is 2.62. The van der Waals surface area contributed by atoms with Crippen LogP contribution in [0.1, 0.15) is 12.8 Å². The molecule has 0 amide bonds. The summed E-state index contributed by atoms with van der Waals surface area (Å²) in [5, 5.41) is 0. The van der Waals surface area contributed by atoms with Gasteiger partial charge in [-0.1, -0.05) is 0 Å². The van der Waals surface area contributed by atoms with Crippen molar-refractivity contribution >= 4 is 14.2 Å². The van der Waals surface area contributed by atoms with Gasteiger partial charge in [-0.15, -0.1) is 0 Å². The van der Waals surface area contributed by atoms with Gasteiger partial charge in [0.1, 0.15) is 0 Å². The number of hydrogen-bond donors (Lipinski definition) is 0. The summed E-state index contributed by atoms with van der Waals surface area (Å²) in [4.78, 5) is 4.21. The zero-order valence-electron chi connectivity index (χ0n) is 4.92. The molecule has 1 fully saturated rings. The SMILES string of the molecule is BC1OC=NC12CC2. The molecule has 1 aliphatic carbocycles. The van der Waals surface area contributed by atoms with E-state index in [0.29, 0.717) is 6.00 Å². The predicted octanol–water partition coefficient (Wildman–Crippen LogP) is -0.463. The maximum absolute atomic E-state index is 5.14. The summed E-state index contributed by atoms with van der Waals surface area (Å²) in [6.45, 7) is 0. The van der Waals surface area contributed by atoms with Gasteiger partial charge in [0.2, 0.25) is 0 Å². The van der Waals surface area contributed by atoms with E-state index in [9.17, 15) is 0 Å². The third kappa shape index (κ3) is 0.370. The molecular weight excluding hydrogens is 101 g/mol. The minimum atomic E-state index is 0.250. The summed E-state index contributed by atoms with van der Waals surface area (Å²) in [5.74, 6) is 0. The molecule has 1 unspecified atom stereocenters. The fraction of sp³-hybridized carbons (Fsp3) is 0.800. The van der Waals surface area contributed by atoms with Crippen molar-refractivity contribution in [1.29, 1.82) is 0 Å². The minimum Gasteiger partial charge on any atom is -0.487 e. The Hall–Kier alpha value is -0.465. The van der Waals surface area contributed by atoms with Gasteiger partial charge in [-0.3, -0.25) is 0 Å². The molecule has 1 heterocycles. The summed E-state index contributed by atoms with van der Waals surface area (Å²) in [6.07, 6.45) is 4.05. The summed E-state index contributed by atoms with van der Waals surface area (Å²) in [5.41, 5.74) is 0.250. The van der Waals surface area contributed by atoms with Crippen molar-refractivity contribution < 1.29 is 4.74 Å². The Labute approximate surface area is 49.3 Å². The van der Waals surface area contributed by atoms with Crippen molar-refractivity contribution in [3.05, 3.63) is 0 Å². The Morgan fingerprint density at radius 2 is 2.50 bits per heavy atom. The number of ether oxygens (including phenoxy) is 1. The Bertz CT molecular complexity index is 141. The number of rotatable bonds is 0. The second kappa shape index (κ2) is 1.09. The molecule has 0 bridgehead atoms. The smallest absolute Gasteiger partial charge is 0.169 e. The quantitative estimate of drug-likeness (QED) is 0.385. The Morgan fingerprint density at radius 3 is 2.75 bits per heavy atom. The normalized spacial score (nSPS) is 37.8. The molecule has 0 aromatic rings. The summed E-state index contributed by atoms with van der Waals surface area (Å²) in [6, 6.07) is 0.350. The fourth-order valence-corrected chi connectivity index (χ4v) is 1.12. The van der Waals surface area contributed by atoms with Crippen LogP contribution in [0.3, 0.4) is 0 Å². The van der Waals surface area contributed by atoms with Crippen molar-refractivity contribution in [2.24, 2.45) is 4.99 Å². The van der Waals surface area contributed by atoms with E-state index in [-0.39, 0.29) is 5.54 Å². The van der Waals surface area contributed by atoms with Gasteiger partial charge >= 0.3 is 0 Å². The van der Waals surface area contributed by atoms with Crippen molar-refractivity contribution in [3.8, 4) is 0 Å². The maximum Gasteiger partial charge on any atom is 0.169 e. The lowest BCUT2D eigenvalue weighted by Gasteiger charge is -2.07. The molecule has 1 spiro atoms. The second-order valence-electron chi connectivity index (χ2n) is 2.62. The van der Waals surface area contributed by atoms with E-state index in [2.05, 4.69) is 12.8 Å². The van der Waals surface area contributed by atoms with Crippen LogP contribution in [0.15, 0.2) is 4.99 Å². The maximum atomic E-state index is 5.14. The molecule has 2 rings (SSSR count). The predicted molar refractivity (Wildman–Crippen MR) is 33.9 cm³/mol. The molecule has 3 heteroatoms. The lowest BCUT2D eigenvalue weighted by Crippen LogP contribution is -2.22. The largest absolute Gasteiger partial charge is 0.487 e. The van der Waals surface area contributed by atoms with Gasteiger partial charge in [-0.05, 0) is 12.8 Å². The molecule has 8 heavy (non-hydrogen) atoms. The van der Waals surface area contributed by atoms with E-state index in [1.54, 1.807) is 6.40 Å². The first-order chi connectivity index (χ1) is 3.83. The first-order valence-corrected chi connectivity index (χ1v) is 3.03. The van der Waals surface area contributed by atoms with Crippen molar-refractivity contribution in [2.75, 3.05) is 0 Å². The molecule has 2 aliphatic rings. The highest BCUT2D eigenvalue weighted by atomic mass is 16.5. The van der Waals surface area contributed by atoms with Crippen LogP contribution >= 0.6 is 0 Å². The van der Waals surface area contributed by atoms with Gasteiger partial charge in [0.15, 0.2) is 14.2 Å². The van der Waals surface area contributed by atoms with Gasteiger partial charge < -0.3 is 4.74 Å².